The van der Waals surface area contributed by atoms with Gasteiger partial charge in [-0.1, -0.05) is 20.3 Å². The molecule has 0 amide bonds. The Hall–Kier alpha value is -0.830. The first-order chi connectivity index (χ1) is 8.71. The fourth-order valence-electron chi connectivity index (χ4n) is 2.59. The Bertz CT molecular complexity index is 324. The molecule has 1 unspecified atom stereocenters. The largest absolute Gasteiger partial charge is 0.314 e. The van der Waals surface area contributed by atoms with E-state index >= 15 is 0 Å². The third-order valence-electron chi connectivity index (χ3n) is 3.40. The van der Waals surface area contributed by atoms with Crippen molar-refractivity contribution in [1.82, 2.24) is 15.1 Å². The summed E-state index contributed by atoms with van der Waals surface area (Å²) >= 11 is 0. The van der Waals surface area contributed by atoms with E-state index < -0.39 is 0 Å². The van der Waals surface area contributed by atoms with E-state index in [2.05, 4.69) is 48.9 Å². The summed E-state index contributed by atoms with van der Waals surface area (Å²) in [6.07, 6.45) is 6.24. The van der Waals surface area contributed by atoms with Gasteiger partial charge in [0.05, 0.1) is 5.69 Å². The van der Waals surface area contributed by atoms with Gasteiger partial charge in [-0.3, -0.25) is 4.68 Å². The molecule has 0 fully saturated rings. The molecule has 1 N–H and O–H groups in total. The van der Waals surface area contributed by atoms with Gasteiger partial charge in [0.15, 0.2) is 0 Å². The van der Waals surface area contributed by atoms with Crippen molar-refractivity contribution >= 4 is 0 Å². The lowest BCUT2D eigenvalue weighted by molar-refractivity contribution is 0.444. The molecule has 104 valence electrons. The van der Waals surface area contributed by atoms with Gasteiger partial charge in [-0.25, -0.2) is 0 Å². The Labute approximate surface area is 112 Å². The third-order valence-corrected chi connectivity index (χ3v) is 3.40. The summed E-state index contributed by atoms with van der Waals surface area (Å²) < 4.78 is 2.14. The molecule has 3 heteroatoms. The zero-order chi connectivity index (χ0) is 13.4. The second-order valence-corrected chi connectivity index (χ2v) is 5.03. The topological polar surface area (TPSA) is 29.9 Å². The molecule has 1 aromatic rings. The minimum atomic E-state index is 0.694. The summed E-state index contributed by atoms with van der Waals surface area (Å²) in [4.78, 5) is 0. The van der Waals surface area contributed by atoms with E-state index in [9.17, 15) is 0 Å². The van der Waals surface area contributed by atoms with Crippen LogP contribution < -0.4 is 5.32 Å². The molecule has 0 saturated heterocycles. The molecule has 0 aliphatic heterocycles. The second kappa shape index (κ2) is 8.30. The second-order valence-electron chi connectivity index (χ2n) is 5.03. The number of aromatic nitrogens is 2. The predicted molar refractivity (Wildman–Crippen MR) is 77.9 cm³/mol. The number of aryl methyl sites for hydroxylation is 3. The molecule has 1 rings (SSSR count). The lowest BCUT2D eigenvalue weighted by Gasteiger charge is -2.16. The Morgan fingerprint density at radius 2 is 2.06 bits per heavy atom. The fraction of sp³-hybridized carbons (Fsp3) is 0.800. The van der Waals surface area contributed by atoms with Crippen molar-refractivity contribution in [1.29, 1.82) is 0 Å². The number of nitrogens with one attached hydrogen (secondary N) is 1. The van der Waals surface area contributed by atoms with Gasteiger partial charge in [0.1, 0.15) is 0 Å². The van der Waals surface area contributed by atoms with Gasteiger partial charge in [-0.05, 0) is 52.1 Å². The van der Waals surface area contributed by atoms with Crippen LogP contribution in [-0.2, 0) is 13.0 Å². The van der Waals surface area contributed by atoms with Crippen LogP contribution in [-0.4, -0.2) is 22.4 Å². The van der Waals surface area contributed by atoms with E-state index in [1.807, 2.05) is 0 Å². The zero-order valence-corrected chi connectivity index (χ0v) is 12.5. The van der Waals surface area contributed by atoms with E-state index in [0.29, 0.717) is 6.04 Å². The van der Waals surface area contributed by atoms with Gasteiger partial charge < -0.3 is 5.32 Å². The highest BCUT2D eigenvalue weighted by atomic mass is 15.3. The van der Waals surface area contributed by atoms with Gasteiger partial charge in [0.25, 0.3) is 0 Å². The Morgan fingerprint density at radius 3 is 2.67 bits per heavy atom. The number of hydrogen-bond donors (Lipinski definition) is 1. The van der Waals surface area contributed by atoms with Crippen molar-refractivity contribution in [3.63, 3.8) is 0 Å². The summed E-state index contributed by atoms with van der Waals surface area (Å²) in [6, 6.07) is 2.92. The van der Waals surface area contributed by atoms with Gasteiger partial charge in [-0.15, -0.1) is 0 Å². The summed E-state index contributed by atoms with van der Waals surface area (Å²) in [6.45, 7) is 10.8. The highest BCUT2D eigenvalue weighted by molar-refractivity contribution is 5.09. The molecule has 1 aromatic heterocycles. The van der Waals surface area contributed by atoms with Crippen molar-refractivity contribution in [3.05, 3.63) is 17.5 Å². The number of hydrogen-bond acceptors (Lipinski definition) is 2. The van der Waals surface area contributed by atoms with Crippen LogP contribution in [0, 0.1) is 6.92 Å². The molecule has 0 aliphatic carbocycles. The number of rotatable bonds is 9. The molecule has 0 aliphatic rings. The molecule has 3 nitrogen and oxygen atoms in total. The maximum atomic E-state index is 4.50. The fourth-order valence-corrected chi connectivity index (χ4v) is 2.59. The van der Waals surface area contributed by atoms with Crippen LogP contribution >= 0.6 is 0 Å². The van der Waals surface area contributed by atoms with Crippen molar-refractivity contribution in [2.45, 2.75) is 72.4 Å². The highest BCUT2D eigenvalue weighted by Crippen LogP contribution is 2.11. The first-order valence-electron chi connectivity index (χ1n) is 7.47. The minimum Gasteiger partial charge on any atom is -0.314 e. The lowest BCUT2D eigenvalue weighted by atomic mass is 10.0. The van der Waals surface area contributed by atoms with Crippen LogP contribution in [0.3, 0.4) is 0 Å². The SMILES string of the molecule is CCCC(CCCc1cc(C)nn1CC)NCC. The van der Waals surface area contributed by atoms with Crippen molar-refractivity contribution in [2.75, 3.05) is 6.54 Å². The maximum absolute atomic E-state index is 4.50. The van der Waals surface area contributed by atoms with Crippen molar-refractivity contribution in [2.24, 2.45) is 0 Å². The van der Waals surface area contributed by atoms with Crippen LogP contribution in [0.1, 0.15) is 57.8 Å². The van der Waals surface area contributed by atoms with E-state index in [1.165, 1.54) is 31.4 Å². The molecule has 1 atom stereocenters. The first kappa shape index (κ1) is 15.2. The average molecular weight is 251 g/mol. The zero-order valence-electron chi connectivity index (χ0n) is 12.5. The monoisotopic (exact) mass is 251 g/mol. The van der Waals surface area contributed by atoms with Gasteiger partial charge >= 0.3 is 0 Å². The summed E-state index contributed by atoms with van der Waals surface area (Å²) in [5.74, 6) is 0. The smallest absolute Gasteiger partial charge is 0.0596 e. The predicted octanol–water partition coefficient (Wildman–Crippen LogP) is 3.31. The Balaban J connectivity index is 2.39. The quantitative estimate of drug-likeness (QED) is 0.729. The van der Waals surface area contributed by atoms with Crippen LogP contribution in [0.4, 0.5) is 0 Å². The number of nitrogens with zero attached hydrogens (tertiary/aromatic N) is 2. The van der Waals surface area contributed by atoms with Crippen molar-refractivity contribution < 1.29 is 0 Å². The van der Waals surface area contributed by atoms with Crippen LogP contribution in [0.25, 0.3) is 0 Å². The molecule has 0 saturated carbocycles. The highest BCUT2D eigenvalue weighted by Gasteiger charge is 2.08. The summed E-state index contributed by atoms with van der Waals surface area (Å²) in [5.41, 5.74) is 2.53. The summed E-state index contributed by atoms with van der Waals surface area (Å²) in [5, 5.41) is 8.08. The Kier molecular flexibility index (Phi) is 7.02. The average Bonchev–Trinajstić information content (AvgIpc) is 2.70. The lowest BCUT2D eigenvalue weighted by Crippen LogP contribution is -2.28. The molecular weight excluding hydrogens is 222 g/mol. The van der Waals surface area contributed by atoms with Gasteiger partial charge in [0.2, 0.25) is 0 Å². The molecule has 0 aromatic carbocycles. The van der Waals surface area contributed by atoms with Crippen LogP contribution in [0.5, 0.6) is 0 Å². The van der Waals surface area contributed by atoms with E-state index in [-0.39, 0.29) is 0 Å². The molecule has 0 radical (unpaired) electrons. The van der Waals surface area contributed by atoms with Gasteiger partial charge in [0, 0.05) is 18.3 Å². The molecule has 0 spiro atoms. The van der Waals surface area contributed by atoms with Crippen LogP contribution in [0.2, 0.25) is 0 Å². The van der Waals surface area contributed by atoms with E-state index in [4.69, 9.17) is 0 Å². The molecule has 18 heavy (non-hydrogen) atoms. The normalized spacial score (nSPS) is 12.9. The van der Waals surface area contributed by atoms with Gasteiger partial charge in [-0.2, -0.15) is 5.10 Å². The standard InChI is InChI=1S/C15H29N3/c1-5-9-14(16-6-2)10-8-11-15-12-13(4)17-18(15)7-3/h12,14,16H,5-11H2,1-4H3. The molecular formula is C15H29N3. The maximum Gasteiger partial charge on any atom is 0.0596 e. The summed E-state index contributed by atoms with van der Waals surface area (Å²) in [7, 11) is 0. The Morgan fingerprint density at radius 1 is 1.28 bits per heavy atom. The first-order valence-corrected chi connectivity index (χ1v) is 7.47. The van der Waals surface area contributed by atoms with E-state index in [1.54, 1.807) is 0 Å². The molecule has 1 heterocycles. The van der Waals surface area contributed by atoms with E-state index in [0.717, 1.165) is 25.2 Å². The molecule has 0 bridgehead atoms. The minimum absolute atomic E-state index is 0.694. The third kappa shape index (κ3) is 4.81. The van der Waals surface area contributed by atoms with Crippen LogP contribution in [0.15, 0.2) is 6.07 Å². The van der Waals surface area contributed by atoms with Crippen molar-refractivity contribution in [3.8, 4) is 0 Å².